The van der Waals surface area contributed by atoms with Crippen LogP contribution in [-0.4, -0.2) is 9.97 Å². The molecule has 0 saturated heterocycles. The van der Waals surface area contributed by atoms with E-state index in [1.54, 1.807) is 30.5 Å². The fourth-order valence-corrected chi connectivity index (χ4v) is 4.44. The summed E-state index contributed by atoms with van der Waals surface area (Å²) in [4.78, 5) is 8.80. The number of hydrogen-bond donors (Lipinski definition) is 0. The van der Waals surface area contributed by atoms with E-state index in [0.717, 1.165) is 22.5 Å². The Balaban J connectivity index is 0.000000192. The van der Waals surface area contributed by atoms with E-state index >= 15 is 0 Å². The van der Waals surface area contributed by atoms with Crippen molar-refractivity contribution in [1.82, 2.24) is 9.97 Å². The Labute approximate surface area is 260 Å². The van der Waals surface area contributed by atoms with E-state index in [2.05, 4.69) is 78.4 Å². The van der Waals surface area contributed by atoms with Gasteiger partial charge in [0, 0.05) is 40.7 Å². The van der Waals surface area contributed by atoms with Crippen LogP contribution in [0.4, 0.5) is 0 Å². The third-order valence-electron chi connectivity index (χ3n) is 6.77. The first-order chi connectivity index (χ1) is 20.4. The molecule has 0 amide bonds. The predicted octanol–water partition coefficient (Wildman–Crippen LogP) is 9.01. The summed E-state index contributed by atoms with van der Waals surface area (Å²) in [6.07, 6.45) is 1.98. The number of aromatic nitrogens is 2. The van der Waals surface area contributed by atoms with Crippen LogP contribution in [0.25, 0.3) is 22.5 Å². The molecule has 205 valence electrons. The van der Waals surface area contributed by atoms with E-state index in [1.165, 1.54) is 11.1 Å². The maximum atomic E-state index is 8.40. The van der Waals surface area contributed by atoms with Gasteiger partial charge in [-0.1, -0.05) is 86.6 Å². The van der Waals surface area contributed by atoms with Gasteiger partial charge in [0.05, 0.1) is 0 Å². The van der Waals surface area contributed by atoms with Gasteiger partial charge in [-0.3, -0.25) is 0 Å². The Morgan fingerprint density at radius 3 is 1.71 bits per heavy atom. The molecule has 2 nitrogen and oxygen atoms in total. The summed E-state index contributed by atoms with van der Waals surface area (Å²) in [5.41, 5.74) is 7.34. The first-order valence-corrected chi connectivity index (χ1v) is 13.3. The molecule has 0 aliphatic heterocycles. The number of pyridine rings is 2. The average molecular weight is 711 g/mol. The molecule has 6 rings (SSSR count). The van der Waals surface area contributed by atoms with Crippen molar-refractivity contribution >= 4 is 0 Å². The summed E-state index contributed by atoms with van der Waals surface area (Å²) in [5, 5.41) is 0. The van der Waals surface area contributed by atoms with Crippen molar-refractivity contribution < 1.29 is 22.8 Å². The van der Waals surface area contributed by atoms with Crippen molar-refractivity contribution in [3.05, 3.63) is 180 Å². The summed E-state index contributed by atoms with van der Waals surface area (Å²) in [6.45, 7) is 4.49. The third kappa shape index (κ3) is 7.95. The van der Waals surface area contributed by atoms with Crippen molar-refractivity contribution in [2.45, 2.75) is 25.6 Å². The molecule has 0 saturated carbocycles. The molecule has 41 heavy (non-hydrogen) atoms. The summed E-state index contributed by atoms with van der Waals surface area (Å²) in [7, 11) is 0. The van der Waals surface area contributed by atoms with Crippen molar-refractivity contribution in [3.63, 3.8) is 0 Å². The molecule has 2 aromatic heterocycles. The van der Waals surface area contributed by atoms with Crippen molar-refractivity contribution in [1.29, 1.82) is 0 Å². The molecule has 0 atom stereocenters. The third-order valence-corrected chi connectivity index (χ3v) is 6.77. The van der Waals surface area contributed by atoms with Crippen LogP contribution in [0, 0.1) is 12.1 Å². The van der Waals surface area contributed by atoms with Crippen LogP contribution in [0.3, 0.4) is 0 Å². The minimum Gasteiger partial charge on any atom is -0.305 e. The first kappa shape index (κ1) is 27.0. The summed E-state index contributed by atoms with van der Waals surface area (Å²) in [6, 6.07) is 49.4. The maximum Gasteiger partial charge on any atom is 0.0365 e. The Morgan fingerprint density at radius 2 is 1.12 bits per heavy atom. The molecule has 0 aliphatic rings. The Kier molecular flexibility index (Phi) is 9.53. The largest absolute Gasteiger partial charge is 0.305 e. The molecule has 1 radical (unpaired) electrons. The Hall–Kier alpha value is -4.17. The van der Waals surface area contributed by atoms with E-state index in [9.17, 15) is 0 Å². The van der Waals surface area contributed by atoms with Crippen LogP contribution in [0.5, 0.6) is 0 Å². The maximum absolute atomic E-state index is 8.40. The van der Waals surface area contributed by atoms with Crippen LogP contribution < -0.4 is 0 Å². The average Bonchev–Trinajstić information content (AvgIpc) is 3.07. The monoisotopic (exact) mass is 711 g/mol. The van der Waals surface area contributed by atoms with E-state index in [4.69, 9.17) is 2.74 Å². The normalized spacial score (nSPS) is 11.7. The molecule has 3 heteroatoms. The minimum atomic E-state index is -1.55. The van der Waals surface area contributed by atoms with Crippen LogP contribution in [0.1, 0.15) is 38.8 Å². The summed E-state index contributed by atoms with van der Waals surface area (Å²) < 4.78 is 16.8. The van der Waals surface area contributed by atoms with Gasteiger partial charge in [-0.05, 0) is 52.1 Å². The molecule has 0 aliphatic carbocycles. The Morgan fingerprint density at radius 1 is 0.585 bits per heavy atom. The standard InChI is InChI=1S/C20H18N.C18H14N.Ir/c1-20(2,17-11-7-4-8-12-17)18-13-14-21-19(15-18)16-9-5-3-6-10-16;1-3-7-15(8-4-1)13-16-11-12-19-18(14-16)17-9-5-2-6-10-17;/h3-9,11-15H,1-2H3;1-9,11-12,14H,13H2;/q2*-1;/i;13D2;. The van der Waals surface area contributed by atoms with Gasteiger partial charge in [0.25, 0.3) is 0 Å². The van der Waals surface area contributed by atoms with E-state index in [-0.39, 0.29) is 25.5 Å². The van der Waals surface area contributed by atoms with E-state index in [0.29, 0.717) is 11.1 Å². The molecular weight excluding hydrogens is 677 g/mol. The second-order valence-corrected chi connectivity index (χ2v) is 9.89. The summed E-state index contributed by atoms with van der Waals surface area (Å²) in [5.74, 6) is 0. The first-order valence-electron chi connectivity index (χ1n) is 14.3. The van der Waals surface area contributed by atoms with Crippen molar-refractivity contribution in [2.75, 3.05) is 0 Å². The topological polar surface area (TPSA) is 25.8 Å². The molecule has 2 heterocycles. The van der Waals surface area contributed by atoms with Gasteiger partial charge in [0.2, 0.25) is 0 Å². The fourth-order valence-electron chi connectivity index (χ4n) is 4.44. The predicted molar refractivity (Wildman–Crippen MR) is 165 cm³/mol. The van der Waals surface area contributed by atoms with Crippen LogP contribution in [0.15, 0.2) is 146 Å². The van der Waals surface area contributed by atoms with E-state index in [1.807, 2.05) is 72.9 Å². The van der Waals surface area contributed by atoms with E-state index < -0.39 is 6.37 Å². The van der Waals surface area contributed by atoms with Crippen LogP contribution in [-0.2, 0) is 31.9 Å². The molecule has 0 spiro atoms. The van der Waals surface area contributed by atoms with Gasteiger partial charge in [-0.2, -0.15) is 0 Å². The second-order valence-electron chi connectivity index (χ2n) is 9.89. The number of rotatable bonds is 6. The van der Waals surface area contributed by atoms with Crippen molar-refractivity contribution in [3.8, 4) is 22.5 Å². The zero-order valence-corrected chi connectivity index (χ0v) is 25.5. The second kappa shape index (κ2) is 14.5. The van der Waals surface area contributed by atoms with Gasteiger partial charge in [-0.15, -0.1) is 71.8 Å². The SMILES string of the molecule is CC(C)(c1ccccc1)c1ccnc(-c2[c-]cccc2)c1.[2H]C([2H])(c1ccccc1)c1ccnc(-c2[c-]cccc2)c1.[Ir]. The Bertz CT molecular complexity index is 1580. The van der Waals surface area contributed by atoms with Gasteiger partial charge in [0.1, 0.15) is 0 Å². The zero-order chi connectivity index (χ0) is 29.4. The van der Waals surface area contributed by atoms with Crippen LogP contribution >= 0.6 is 0 Å². The minimum absolute atomic E-state index is 0. The number of hydrogen-bond acceptors (Lipinski definition) is 2. The molecule has 0 fully saturated rings. The molecule has 6 aromatic rings. The number of nitrogens with zero attached hydrogens (tertiary/aromatic N) is 2. The number of benzene rings is 4. The van der Waals surface area contributed by atoms with Gasteiger partial charge < -0.3 is 9.97 Å². The smallest absolute Gasteiger partial charge is 0.0365 e. The molecule has 0 bridgehead atoms. The fraction of sp³-hybridized carbons (Fsp3) is 0.105. The van der Waals surface area contributed by atoms with Gasteiger partial charge >= 0.3 is 0 Å². The van der Waals surface area contributed by atoms with Gasteiger partial charge in [0.15, 0.2) is 0 Å². The van der Waals surface area contributed by atoms with Crippen molar-refractivity contribution in [2.24, 2.45) is 0 Å². The van der Waals surface area contributed by atoms with Gasteiger partial charge in [-0.25, -0.2) is 0 Å². The quantitative estimate of drug-likeness (QED) is 0.161. The molecule has 0 N–H and O–H groups in total. The molecular formula is C38H32IrN2-2. The van der Waals surface area contributed by atoms with Crippen LogP contribution in [0.2, 0.25) is 0 Å². The summed E-state index contributed by atoms with van der Waals surface area (Å²) >= 11 is 0. The molecule has 0 unspecified atom stereocenters. The molecule has 4 aromatic carbocycles. The zero-order valence-electron chi connectivity index (χ0n) is 25.1.